The first kappa shape index (κ1) is 19.1. The van der Waals surface area contributed by atoms with Crippen LogP contribution in [0.2, 0.25) is 0 Å². The second kappa shape index (κ2) is 7.73. The van der Waals surface area contributed by atoms with Crippen molar-refractivity contribution in [1.82, 2.24) is 0 Å². The Morgan fingerprint density at radius 1 is 0.677 bits per heavy atom. The third kappa shape index (κ3) is 3.36. The molecule has 2 nitrogen and oxygen atoms in total. The standard InChI is InChI=1S/C29H23NO/c1-30(2)27-17-15-20(23-11-7-8-14-26(23)27)16-18-28(31)29-24-12-5-3-9-21(24)19-22-10-4-6-13-25(22)29/h3-19H,1-2H3/b18-16+. The van der Waals surface area contributed by atoms with Crippen molar-refractivity contribution < 1.29 is 4.79 Å². The number of carbonyl (C=O) groups excluding carboxylic acids is 1. The molecular weight excluding hydrogens is 378 g/mol. The summed E-state index contributed by atoms with van der Waals surface area (Å²) in [6, 6.07) is 30.9. The van der Waals surface area contributed by atoms with Crippen molar-refractivity contribution in [2.24, 2.45) is 0 Å². The summed E-state index contributed by atoms with van der Waals surface area (Å²) in [5.41, 5.74) is 2.97. The lowest BCUT2D eigenvalue weighted by atomic mass is 9.93. The van der Waals surface area contributed by atoms with E-state index in [0.29, 0.717) is 0 Å². The predicted octanol–water partition coefficient (Wildman–Crippen LogP) is 7.11. The van der Waals surface area contributed by atoms with Gasteiger partial charge in [0, 0.05) is 30.7 Å². The lowest BCUT2D eigenvalue weighted by Gasteiger charge is -2.16. The second-order valence-electron chi connectivity index (χ2n) is 8.01. The van der Waals surface area contributed by atoms with Crippen LogP contribution in [-0.4, -0.2) is 19.9 Å². The lowest BCUT2D eigenvalue weighted by Crippen LogP contribution is -2.09. The maximum absolute atomic E-state index is 13.5. The average molecular weight is 402 g/mol. The summed E-state index contributed by atoms with van der Waals surface area (Å²) in [5.74, 6) is 0.0220. The summed E-state index contributed by atoms with van der Waals surface area (Å²) >= 11 is 0. The van der Waals surface area contributed by atoms with Gasteiger partial charge in [-0.05, 0) is 50.7 Å². The van der Waals surface area contributed by atoms with E-state index in [9.17, 15) is 4.79 Å². The molecule has 0 fully saturated rings. The molecule has 0 atom stereocenters. The molecule has 0 unspecified atom stereocenters. The molecule has 0 radical (unpaired) electrons. The first-order valence-corrected chi connectivity index (χ1v) is 10.5. The van der Waals surface area contributed by atoms with E-state index in [-0.39, 0.29) is 5.78 Å². The van der Waals surface area contributed by atoms with Gasteiger partial charge >= 0.3 is 0 Å². The van der Waals surface area contributed by atoms with Gasteiger partial charge in [-0.15, -0.1) is 0 Å². The van der Waals surface area contributed by atoms with E-state index in [4.69, 9.17) is 0 Å². The molecule has 0 aliphatic carbocycles. The van der Waals surface area contributed by atoms with Gasteiger partial charge in [-0.2, -0.15) is 0 Å². The average Bonchev–Trinajstić information content (AvgIpc) is 2.80. The Morgan fingerprint density at radius 2 is 1.23 bits per heavy atom. The molecule has 0 saturated heterocycles. The predicted molar refractivity (Wildman–Crippen MR) is 133 cm³/mol. The topological polar surface area (TPSA) is 20.3 Å². The Kier molecular flexibility index (Phi) is 4.76. The minimum absolute atomic E-state index is 0.0220. The van der Waals surface area contributed by atoms with Crippen LogP contribution in [-0.2, 0) is 0 Å². The molecule has 0 aliphatic rings. The molecule has 0 spiro atoms. The highest BCUT2D eigenvalue weighted by molar-refractivity contribution is 6.23. The van der Waals surface area contributed by atoms with E-state index in [1.807, 2.05) is 62.6 Å². The van der Waals surface area contributed by atoms with Gasteiger partial charge < -0.3 is 4.90 Å². The minimum Gasteiger partial charge on any atom is -0.377 e. The fraction of sp³-hybridized carbons (Fsp3) is 0.0690. The zero-order valence-corrected chi connectivity index (χ0v) is 17.7. The monoisotopic (exact) mass is 401 g/mol. The Balaban J connectivity index is 1.65. The molecule has 5 rings (SSSR count). The first-order valence-electron chi connectivity index (χ1n) is 10.5. The minimum atomic E-state index is 0.0220. The smallest absolute Gasteiger partial charge is 0.187 e. The van der Waals surface area contributed by atoms with Crippen molar-refractivity contribution in [1.29, 1.82) is 0 Å². The van der Waals surface area contributed by atoms with Crippen molar-refractivity contribution in [2.45, 2.75) is 0 Å². The van der Waals surface area contributed by atoms with Crippen LogP contribution in [0.1, 0.15) is 15.9 Å². The van der Waals surface area contributed by atoms with Crippen molar-refractivity contribution in [3.8, 4) is 0 Å². The van der Waals surface area contributed by atoms with Gasteiger partial charge in [0.15, 0.2) is 5.78 Å². The number of fused-ring (bicyclic) bond motifs is 3. The molecule has 0 amide bonds. The number of hydrogen-bond acceptors (Lipinski definition) is 2. The Hall–Kier alpha value is -3.91. The van der Waals surface area contributed by atoms with Crippen LogP contribution in [0.3, 0.4) is 0 Å². The molecular formula is C29H23NO. The zero-order valence-electron chi connectivity index (χ0n) is 17.7. The van der Waals surface area contributed by atoms with Crippen molar-refractivity contribution in [3.63, 3.8) is 0 Å². The highest BCUT2D eigenvalue weighted by Gasteiger charge is 2.13. The van der Waals surface area contributed by atoms with Gasteiger partial charge in [0.05, 0.1) is 0 Å². The SMILES string of the molecule is CN(C)c1ccc(/C=C/C(=O)c2c3ccccc3cc3ccccc23)c2ccccc12. The highest BCUT2D eigenvalue weighted by Crippen LogP contribution is 2.31. The molecule has 0 heterocycles. The molecule has 0 aromatic heterocycles. The number of hydrogen-bond donors (Lipinski definition) is 0. The zero-order chi connectivity index (χ0) is 21.4. The summed E-state index contributed by atoms with van der Waals surface area (Å²) in [5, 5.41) is 6.46. The second-order valence-corrected chi connectivity index (χ2v) is 8.01. The molecule has 150 valence electrons. The lowest BCUT2D eigenvalue weighted by molar-refractivity contribution is 0.105. The van der Waals surface area contributed by atoms with Crippen LogP contribution in [0.25, 0.3) is 38.4 Å². The molecule has 5 aromatic carbocycles. The molecule has 0 N–H and O–H groups in total. The van der Waals surface area contributed by atoms with E-state index in [1.54, 1.807) is 6.08 Å². The summed E-state index contributed by atoms with van der Waals surface area (Å²) in [6.45, 7) is 0. The van der Waals surface area contributed by atoms with Crippen LogP contribution in [0, 0.1) is 0 Å². The van der Waals surface area contributed by atoms with E-state index in [0.717, 1.165) is 38.1 Å². The van der Waals surface area contributed by atoms with Crippen LogP contribution < -0.4 is 4.90 Å². The van der Waals surface area contributed by atoms with Gasteiger partial charge in [0.1, 0.15) is 0 Å². The van der Waals surface area contributed by atoms with E-state index in [2.05, 4.69) is 53.4 Å². The van der Waals surface area contributed by atoms with E-state index >= 15 is 0 Å². The van der Waals surface area contributed by atoms with Crippen molar-refractivity contribution in [2.75, 3.05) is 19.0 Å². The molecule has 0 bridgehead atoms. The van der Waals surface area contributed by atoms with Crippen LogP contribution in [0.4, 0.5) is 5.69 Å². The van der Waals surface area contributed by atoms with Gasteiger partial charge in [-0.25, -0.2) is 0 Å². The van der Waals surface area contributed by atoms with Gasteiger partial charge in [-0.3, -0.25) is 4.79 Å². The first-order chi connectivity index (χ1) is 15.1. The number of benzene rings is 5. The van der Waals surface area contributed by atoms with Gasteiger partial charge in [0.25, 0.3) is 0 Å². The van der Waals surface area contributed by atoms with Crippen molar-refractivity contribution in [3.05, 3.63) is 108 Å². The van der Waals surface area contributed by atoms with Gasteiger partial charge in [-0.1, -0.05) is 84.9 Å². The fourth-order valence-electron chi connectivity index (χ4n) is 4.37. The van der Waals surface area contributed by atoms with E-state index < -0.39 is 0 Å². The fourth-order valence-corrected chi connectivity index (χ4v) is 4.37. The number of ketones is 1. The Labute approximate surface area is 182 Å². The van der Waals surface area contributed by atoms with Crippen LogP contribution in [0.15, 0.2) is 97.1 Å². The third-order valence-corrected chi connectivity index (χ3v) is 5.85. The Bertz CT molecular complexity index is 1420. The van der Waals surface area contributed by atoms with Crippen LogP contribution >= 0.6 is 0 Å². The number of allylic oxidation sites excluding steroid dienone is 1. The number of anilines is 1. The number of carbonyl (C=O) groups is 1. The highest BCUT2D eigenvalue weighted by atomic mass is 16.1. The Morgan fingerprint density at radius 3 is 1.84 bits per heavy atom. The third-order valence-electron chi connectivity index (χ3n) is 5.85. The summed E-state index contributed by atoms with van der Waals surface area (Å²) in [4.78, 5) is 15.6. The van der Waals surface area contributed by atoms with Crippen LogP contribution in [0.5, 0.6) is 0 Å². The maximum atomic E-state index is 13.5. The molecule has 31 heavy (non-hydrogen) atoms. The largest absolute Gasteiger partial charge is 0.377 e. The quantitative estimate of drug-likeness (QED) is 0.182. The number of nitrogens with zero attached hydrogens (tertiary/aromatic N) is 1. The summed E-state index contributed by atoms with van der Waals surface area (Å²) in [7, 11) is 4.10. The van der Waals surface area contributed by atoms with E-state index in [1.165, 1.54) is 11.1 Å². The molecule has 2 heteroatoms. The summed E-state index contributed by atoms with van der Waals surface area (Å²) in [6.07, 6.45) is 3.66. The maximum Gasteiger partial charge on any atom is 0.187 e. The normalized spacial score (nSPS) is 11.5. The molecule has 0 aliphatic heterocycles. The molecule has 5 aromatic rings. The van der Waals surface area contributed by atoms with Crippen molar-refractivity contribution >= 4 is 49.9 Å². The summed E-state index contributed by atoms with van der Waals surface area (Å²) < 4.78 is 0. The molecule has 0 saturated carbocycles. The van der Waals surface area contributed by atoms with Gasteiger partial charge in [0.2, 0.25) is 0 Å². The number of rotatable bonds is 4.